The molecule has 4 rings (SSSR count). The van der Waals surface area contributed by atoms with Gasteiger partial charge in [0.25, 0.3) is 0 Å². The Kier molecular flexibility index (Phi) is 4.97. The van der Waals surface area contributed by atoms with E-state index in [4.69, 9.17) is 11.6 Å². The fourth-order valence-electron chi connectivity index (χ4n) is 4.08. The van der Waals surface area contributed by atoms with Gasteiger partial charge in [-0.3, -0.25) is 9.69 Å². The molecule has 2 fully saturated rings. The molecule has 142 valence electrons. The van der Waals surface area contributed by atoms with E-state index in [1.807, 2.05) is 41.3 Å². The highest BCUT2D eigenvalue weighted by Crippen LogP contribution is 2.32. The number of fused-ring (bicyclic) bond motifs is 1. The fraction of sp³-hybridized carbons (Fsp3) is 0.350. The number of benzene rings is 2. The van der Waals surface area contributed by atoms with E-state index in [0.29, 0.717) is 17.3 Å². The molecule has 5 nitrogen and oxygen atoms in total. The maximum absolute atomic E-state index is 12.9. The number of sulfone groups is 1. The summed E-state index contributed by atoms with van der Waals surface area (Å²) >= 11 is 6.09. The van der Waals surface area contributed by atoms with Crippen LogP contribution >= 0.6 is 11.6 Å². The van der Waals surface area contributed by atoms with Gasteiger partial charge in [-0.1, -0.05) is 48.0 Å². The van der Waals surface area contributed by atoms with E-state index >= 15 is 0 Å². The van der Waals surface area contributed by atoms with Crippen LogP contribution in [0.5, 0.6) is 0 Å². The summed E-state index contributed by atoms with van der Waals surface area (Å²) in [5.41, 5.74) is 1.85. The van der Waals surface area contributed by atoms with Gasteiger partial charge in [0.1, 0.15) is 0 Å². The van der Waals surface area contributed by atoms with Crippen LogP contribution in [0.4, 0.5) is 5.69 Å². The molecule has 2 atom stereocenters. The number of nitrogens with zero attached hydrogens (tertiary/aromatic N) is 2. The monoisotopic (exact) mass is 404 g/mol. The Hall–Kier alpha value is -1.89. The first-order chi connectivity index (χ1) is 12.9. The number of rotatable bonds is 4. The lowest BCUT2D eigenvalue weighted by Gasteiger charge is -2.43. The third kappa shape index (κ3) is 3.88. The highest BCUT2D eigenvalue weighted by Gasteiger charge is 2.49. The molecule has 2 aromatic carbocycles. The maximum atomic E-state index is 12.9. The largest absolute Gasteiger partial charge is 0.306 e. The van der Waals surface area contributed by atoms with Crippen molar-refractivity contribution in [3.63, 3.8) is 0 Å². The summed E-state index contributed by atoms with van der Waals surface area (Å²) in [5.74, 6) is 0.0119. The molecule has 2 aliphatic rings. The highest BCUT2D eigenvalue weighted by atomic mass is 35.5. The SMILES string of the molecule is O=C1CN(CCc2ccccc2)[C@@H]2CS(=O)(=O)C[C@H]2N1c1cccc(Cl)c1. The summed E-state index contributed by atoms with van der Waals surface area (Å²) < 4.78 is 24.8. The highest BCUT2D eigenvalue weighted by molar-refractivity contribution is 7.91. The average Bonchev–Trinajstić information content (AvgIpc) is 2.95. The number of piperazine rings is 1. The molecule has 0 saturated carbocycles. The molecule has 0 radical (unpaired) electrons. The molecule has 2 heterocycles. The standard InChI is InChI=1S/C20H21ClN2O3S/c21-16-7-4-8-17(11-16)23-19-14-27(25,26)13-18(19)22(12-20(23)24)10-9-15-5-2-1-3-6-15/h1-8,11,18-19H,9-10,12-14H2/t18-,19-/m1/s1. The van der Waals surface area contributed by atoms with Crippen LogP contribution < -0.4 is 4.90 Å². The van der Waals surface area contributed by atoms with E-state index in [9.17, 15) is 13.2 Å². The molecule has 27 heavy (non-hydrogen) atoms. The lowest BCUT2D eigenvalue weighted by atomic mass is 10.0. The predicted molar refractivity (Wildman–Crippen MR) is 107 cm³/mol. The average molecular weight is 405 g/mol. The summed E-state index contributed by atoms with van der Waals surface area (Å²) in [6.07, 6.45) is 0.786. The second kappa shape index (κ2) is 7.26. The van der Waals surface area contributed by atoms with Gasteiger partial charge in [-0.25, -0.2) is 8.42 Å². The molecule has 0 aliphatic carbocycles. The zero-order valence-electron chi connectivity index (χ0n) is 14.8. The van der Waals surface area contributed by atoms with Crippen LogP contribution in [0.15, 0.2) is 54.6 Å². The van der Waals surface area contributed by atoms with E-state index in [2.05, 4.69) is 0 Å². The Bertz CT molecular complexity index is 949. The first-order valence-corrected chi connectivity index (χ1v) is 11.2. The number of carbonyl (C=O) groups excluding carboxylic acids is 1. The van der Waals surface area contributed by atoms with Crippen LogP contribution in [-0.4, -0.2) is 55.9 Å². The summed E-state index contributed by atoms with van der Waals surface area (Å²) in [6.45, 7) is 0.881. The molecular formula is C20H21ClN2O3S. The van der Waals surface area contributed by atoms with E-state index < -0.39 is 9.84 Å². The third-order valence-corrected chi connectivity index (χ3v) is 7.25. The van der Waals surface area contributed by atoms with Crippen molar-refractivity contribution < 1.29 is 13.2 Å². The lowest BCUT2D eigenvalue weighted by Crippen LogP contribution is -2.62. The third-order valence-electron chi connectivity index (χ3n) is 5.32. The predicted octanol–water partition coefficient (Wildman–Crippen LogP) is 2.40. The van der Waals surface area contributed by atoms with Crippen LogP contribution in [0, 0.1) is 0 Å². The minimum atomic E-state index is -3.19. The summed E-state index contributed by atoms with van der Waals surface area (Å²) in [4.78, 5) is 16.6. The summed E-state index contributed by atoms with van der Waals surface area (Å²) in [6, 6.07) is 16.5. The maximum Gasteiger partial charge on any atom is 0.241 e. The molecular weight excluding hydrogens is 384 g/mol. The number of halogens is 1. The van der Waals surface area contributed by atoms with Crippen molar-refractivity contribution in [2.75, 3.05) is 29.5 Å². The second-order valence-corrected chi connectivity index (χ2v) is 9.75. The summed E-state index contributed by atoms with van der Waals surface area (Å²) in [7, 11) is -3.19. The van der Waals surface area contributed by atoms with E-state index in [0.717, 1.165) is 6.42 Å². The normalized spacial score (nSPS) is 24.8. The topological polar surface area (TPSA) is 57.7 Å². The number of hydrogen-bond donors (Lipinski definition) is 0. The van der Waals surface area contributed by atoms with Gasteiger partial charge in [0.2, 0.25) is 5.91 Å². The fourth-order valence-corrected chi connectivity index (χ4v) is 6.25. The van der Waals surface area contributed by atoms with Crippen molar-refractivity contribution in [2.24, 2.45) is 0 Å². The molecule has 7 heteroatoms. The minimum absolute atomic E-state index is 0.00223. The lowest BCUT2D eigenvalue weighted by molar-refractivity contribution is -0.123. The van der Waals surface area contributed by atoms with Gasteiger partial charge in [0, 0.05) is 23.3 Å². The molecule has 1 amide bonds. The van der Waals surface area contributed by atoms with Crippen LogP contribution in [0.1, 0.15) is 5.56 Å². The van der Waals surface area contributed by atoms with Gasteiger partial charge in [-0.15, -0.1) is 0 Å². The first kappa shape index (κ1) is 18.5. The molecule has 0 spiro atoms. The number of anilines is 1. The number of carbonyl (C=O) groups is 1. The molecule has 2 saturated heterocycles. The van der Waals surface area contributed by atoms with Crippen molar-refractivity contribution in [1.82, 2.24) is 4.90 Å². The van der Waals surface area contributed by atoms with E-state index in [1.165, 1.54) is 5.56 Å². The Morgan fingerprint density at radius 1 is 1.00 bits per heavy atom. The van der Waals surface area contributed by atoms with Crippen LogP contribution in [0.3, 0.4) is 0 Å². The van der Waals surface area contributed by atoms with Crippen LogP contribution in [0.2, 0.25) is 5.02 Å². The van der Waals surface area contributed by atoms with Gasteiger partial charge in [0.05, 0.1) is 24.1 Å². The van der Waals surface area contributed by atoms with Crippen molar-refractivity contribution >= 4 is 33.0 Å². The molecule has 2 aliphatic heterocycles. The van der Waals surface area contributed by atoms with E-state index in [-0.39, 0.29) is 36.0 Å². The van der Waals surface area contributed by atoms with Crippen LogP contribution in [0.25, 0.3) is 0 Å². The second-order valence-electron chi connectivity index (χ2n) is 7.16. The van der Waals surface area contributed by atoms with Gasteiger partial charge in [-0.05, 0) is 30.2 Å². The van der Waals surface area contributed by atoms with Crippen molar-refractivity contribution in [3.8, 4) is 0 Å². The van der Waals surface area contributed by atoms with E-state index in [1.54, 1.807) is 23.1 Å². The van der Waals surface area contributed by atoms with Crippen molar-refractivity contribution in [1.29, 1.82) is 0 Å². The molecule has 2 aromatic rings. The van der Waals surface area contributed by atoms with Crippen molar-refractivity contribution in [3.05, 3.63) is 65.2 Å². The molecule has 0 N–H and O–H groups in total. The number of amides is 1. The smallest absolute Gasteiger partial charge is 0.241 e. The summed E-state index contributed by atoms with van der Waals surface area (Å²) in [5, 5.41) is 0.532. The Labute approximate surface area is 164 Å². The van der Waals surface area contributed by atoms with Crippen molar-refractivity contribution in [2.45, 2.75) is 18.5 Å². The zero-order valence-corrected chi connectivity index (χ0v) is 16.4. The molecule has 0 bridgehead atoms. The van der Waals surface area contributed by atoms with Gasteiger partial charge in [-0.2, -0.15) is 0 Å². The quantitative estimate of drug-likeness (QED) is 0.785. The Morgan fingerprint density at radius 2 is 1.74 bits per heavy atom. The zero-order chi connectivity index (χ0) is 19.0. The Morgan fingerprint density at radius 3 is 2.48 bits per heavy atom. The van der Waals surface area contributed by atoms with Crippen LogP contribution in [-0.2, 0) is 21.1 Å². The number of hydrogen-bond acceptors (Lipinski definition) is 4. The van der Waals surface area contributed by atoms with Gasteiger partial charge in [0.15, 0.2) is 9.84 Å². The minimum Gasteiger partial charge on any atom is -0.306 e. The molecule has 0 unspecified atom stereocenters. The molecule has 0 aromatic heterocycles. The first-order valence-electron chi connectivity index (χ1n) is 8.99. The van der Waals surface area contributed by atoms with Gasteiger partial charge < -0.3 is 4.90 Å². The van der Waals surface area contributed by atoms with Gasteiger partial charge >= 0.3 is 0 Å². The Balaban J connectivity index is 1.60.